The first-order valence-electron chi connectivity index (χ1n) is 6.09. The SMILES string of the molecule is CCCN1CC(NC(=O)OC(C)(C)C)CC1=O. The van der Waals surface area contributed by atoms with E-state index in [0.717, 1.165) is 13.0 Å². The molecule has 0 saturated carbocycles. The first-order chi connectivity index (χ1) is 7.81. The zero-order valence-electron chi connectivity index (χ0n) is 11.1. The number of carbonyl (C=O) groups excluding carboxylic acids is 2. The summed E-state index contributed by atoms with van der Waals surface area (Å²) in [7, 11) is 0. The summed E-state index contributed by atoms with van der Waals surface area (Å²) in [5.74, 6) is 0.105. The Morgan fingerprint density at radius 1 is 1.53 bits per heavy atom. The van der Waals surface area contributed by atoms with Gasteiger partial charge in [-0.15, -0.1) is 0 Å². The Hall–Kier alpha value is -1.26. The lowest BCUT2D eigenvalue weighted by Gasteiger charge is -2.21. The Bertz CT molecular complexity index is 297. The number of carbonyl (C=O) groups is 2. The number of ether oxygens (including phenoxy) is 1. The third kappa shape index (κ3) is 4.63. The second-order valence-electron chi connectivity index (χ2n) is 5.39. The van der Waals surface area contributed by atoms with Crippen molar-refractivity contribution in [3.8, 4) is 0 Å². The predicted molar refractivity (Wildman–Crippen MR) is 64.6 cm³/mol. The van der Waals surface area contributed by atoms with Crippen molar-refractivity contribution in [2.45, 2.75) is 52.2 Å². The average Bonchev–Trinajstić information content (AvgIpc) is 2.43. The lowest BCUT2D eigenvalue weighted by molar-refractivity contribution is -0.127. The molecule has 1 fully saturated rings. The second-order valence-corrected chi connectivity index (χ2v) is 5.39. The molecular formula is C12H22N2O3. The zero-order chi connectivity index (χ0) is 13.1. The molecule has 1 aliphatic heterocycles. The molecule has 0 radical (unpaired) electrons. The van der Waals surface area contributed by atoms with E-state index in [9.17, 15) is 9.59 Å². The van der Waals surface area contributed by atoms with Crippen molar-refractivity contribution in [2.24, 2.45) is 0 Å². The molecule has 0 aromatic rings. The Labute approximate surface area is 102 Å². The van der Waals surface area contributed by atoms with E-state index in [-0.39, 0.29) is 11.9 Å². The minimum Gasteiger partial charge on any atom is -0.444 e. The summed E-state index contributed by atoms with van der Waals surface area (Å²) in [5.41, 5.74) is -0.504. The standard InChI is InChI=1S/C12H22N2O3/c1-5-6-14-8-9(7-10(14)15)13-11(16)17-12(2,3)4/h9H,5-8H2,1-4H3,(H,13,16). The number of hydrogen-bond acceptors (Lipinski definition) is 3. The largest absolute Gasteiger partial charge is 0.444 e. The third-order valence-corrected chi connectivity index (χ3v) is 2.43. The van der Waals surface area contributed by atoms with Gasteiger partial charge in [0, 0.05) is 19.5 Å². The molecule has 17 heavy (non-hydrogen) atoms. The number of rotatable bonds is 3. The van der Waals surface area contributed by atoms with E-state index in [1.807, 2.05) is 27.7 Å². The number of amides is 2. The van der Waals surface area contributed by atoms with Gasteiger partial charge in [-0.3, -0.25) is 4.79 Å². The van der Waals surface area contributed by atoms with Crippen LogP contribution in [0.15, 0.2) is 0 Å². The maximum Gasteiger partial charge on any atom is 0.407 e. The molecule has 0 aromatic heterocycles. The zero-order valence-corrected chi connectivity index (χ0v) is 11.1. The van der Waals surface area contributed by atoms with Crippen LogP contribution in [0.5, 0.6) is 0 Å². The Kier molecular flexibility index (Phi) is 4.37. The summed E-state index contributed by atoms with van der Waals surface area (Å²) < 4.78 is 5.15. The number of alkyl carbamates (subject to hydrolysis) is 1. The molecule has 0 aliphatic carbocycles. The van der Waals surface area contributed by atoms with Crippen LogP contribution in [0.25, 0.3) is 0 Å². The monoisotopic (exact) mass is 242 g/mol. The molecule has 0 spiro atoms. The Morgan fingerprint density at radius 2 is 2.18 bits per heavy atom. The molecule has 2 amide bonds. The molecule has 1 unspecified atom stereocenters. The van der Waals surface area contributed by atoms with Crippen molar-refractivity contribution in [2.75, 3.05) is 13.1 Å². The highest BCUT2D eigenvalue weighted by Crippen LogP contribution is 2.13. The number of nitrogens with one attached hydrogen (secondary N) is 1. The summed E-state index contributed by atoms with van der Waals surface area (Å²) in [6.45, 7) is 8.82. The Balaban J connectivity index is 2.39. The topological polar surface area (TPSA) is 58.6 Å². The summed E-state index contributed by atoms with van der Waals surface area (Å²) in [6, 6.07) is -0.121. The quantitative estimate of drug-likeness (QED) is 0.816. The van der Waals surface area contributed by atoms with Crippen LogP contribution in [0.4, 0.5) is 4.79 Å². The van der Waals surface area contributed by atoms with Gasteiger partial charge in [-0.25, -0.2) is 4.79 Å². The fourth-order valence-corrected chi connectivity index (χ4v) is 1.83. The molecule has 1 rings (SSSR count). The minimum absolute atomic E-state index is 0.105. The molecule has 1 atom stereocenters. The minimum atomic E-state index is -0.504. The molecule has 1 aliphatic rings. The molecule has 1 saturated heterocycles. The second kappa shape index (κ2) is 5.38. The van der Waals surface area contributed by atoms with Crippen molar-refractivity contribution in [3.63, 3.8) is 0 Å². The van der Waals surface area contributed by atoms with Crippen LogP contribution >= 0.6 is 0 Å². The summed E-state index contributed by atoms with van der Waals surface area (Å²) >= 11 is 0. The van der Waals surface area contributed by atoms with Gasteiger partial charge in [0.2, 0.25) is 5.91 Å². The van der Waals surface area contributed by atoms with Gasteiger partial charge in [-0.05, 0) is 27.2 Å². The van der Waals surface area contributed by atoms with Gasteiger partial charge >= 0.3 is 6.09 Å². The van der Waals surface area contributed by atoms with E-state index in [4.69, 9.17) is 4.74 Å². The maximum absolute atomic E-state index is 11.6. The van der Waals surface area contributed by atoms with Crippen molar-refractivity contribution in [1.29, 1.82) is 0 Å². The van der Waals surface area contributed by atoms with Gasteiger partial charge in [0.05, 0.1) is 6.04 Å². The highest BCUT2D eigenvalue weighted by atomic mass is 16.6. The van der Waals surface area contributed by atoms with E-state index in [1.165, 1.54) is 0 Å². The smallest absolute Gasteiger partial charge is 0.407 e. The first kappa shape index (κ1) is 13.8. The predicted octanol–water partition coefficient (Wildman–Crippen LogP) is 1.52. The van der Waals surface area contributed by atoms with E-state index in [0.29, 0.717) is 13.0 Å². The lowest BCUT2D eigenvalue weighted by Crippen LogP contribution is -2.40. The number of hydrogen-bond donors (Lipinski definition) is 1. The summed E-state index contributed by atoms with van der Waals surface area (Å²) in [4.78, 5) is 24.9. The normalized spacial score (nSPS) is 20.6. The van der Waals surface area contributed by atoms with Gasteiger partial charge in [-0.2, -0.15) is 0 Å². The van der Waals surface area contributed by atoms with Gasteiger partial charge < -0.3 is 15.0 Å². The van der Waals surface area contributed by atoms with Crippen molar-refractivity contribution >= 4 is 12.0 Å². The number of likely N-dealkylation sites (tertiary alicyclic amines) is 1. The molecule has 98 valence electrons. The molecule has 5 nitrogen and oxygen atoms in total. The fourth-order valence-electron chi connectivity index (χ4n) is 1.83. The summed E-state index contributed by atoms with van der Waals surface area (Å²) in [5, 5.41) is 2.73. The maximum atomic E-state index is 11.6. The molecular weight excluding hydrogens is 220 g/mol. The van der Waals surface area contributed by atoms with E-state index < -0.39 is 11.7 Å². The van der Waals surface area contributed by atoms with Crippen molar-refractivity contribution in [1.82, 2.24) is 10.2 Å². The van der Waals surface area contributed by atoms with Crippen LogP contribution in [0.2, 0.25) is 0 Å². The van der Waals surface area contributed by atoms with Crippen LogP contribution in [-0.2, 0) is 9.53 Å². The molecule has 0 bridgehead atoms. The van der Waals surface area contributed by atoms with Gasteiger partial charge in [-0.1, -0.05) is 6.92 Å². The average molecular weight is 242 g/mol. The third-order valence-electron chi connectivity index (χ3n) is 2.43. The molecule has 1 heterocycles. The van der Waals surface area contributed by atoms with E-state index >= 15 is 0 Å². The van der Waals surface area contributed by atoms with Gasteiger partial charge in [0.15, 0.2) is 0 Å². The van der Waals surface area contributed by atoms with Gasteiger partial charge in [0.25, 0.3) is 0 Å². The fraction of sp³-hybridized carbons (Fsp3) is 0.833. The van der Waals surface area contributed by atoms with Crippen molar-refractivity contribution in [3.05, 3.63) is 0 Å². The van der Waals surface area contributed by atoms with Crippen LogP contribution in [0, 0.1) is 0 Å². The highest BCUT2D eigenvalue weighted by molar-refractivity contribution is 5.80. The van der Waals surface area contributed by atoms with E-state index in [2.05, 4.69) is 5.32 Å². The molecule has 0 aromatic carbocycles. The first-order valence-corrected chi connectivity index (χ1v) is 6.09. The van der Waals surface area contributed by atoms with Crippen molar-refractivity contribution < 1.29 is 14.3 Å². The molecule has 5 heteroatoms. The van der Waals surface area contributed by atoms with Gasteiger partial charge in [0.1, 0.15) is 5.60 Å². The lowest BCUT2D eigenvalue weighted by atomic mass is 10.2. The van der Waals surface area contributed by atoms with E-state index in [1.54, 1.807) is 4.90 Å². The summed E-state index contributed by atoms with van der Waals surface area (Å²) in [6.07, 6.45) is 0.859. The van der Waals surface area contributed by atoms with Crippen LogP contribution in [0.1, 0.15) is 40.5 Å². The Morgan fingerprint density at radius 3 is 2.71 bits per heavy atom. The highest BCUT2D eigenvalue weighted by Gasteiger charge is 2.30. The van der Waals surface area contributed by atoms with Crippen LogP contribution in [-0.4, -0.2) is 41.6 Å². The van der Waals surface area contributed by atoms with Crippen LogP contribution in [0.3, 0.4) is 0 Å². The molecule has 1 N–H and O–H groups in total. The van der Waals surface area contributed by atoms with Crippen LogP contribution < -0.4 is 5.32 Å². The number of nitrogens with zero attached hydrogens (tertiary/aromatic N) is 1.